The lowest BCUT2D eigenvalue weighted by Gasteiger charge is -2.28. The molecule has 1 fully saturated rings. The van der Waals surface area contributed by atoms with Gasteiger partial charge in [-0.25, -0.2) is 4.99 Å². The number of hydrogen-bond donors (Lipinski definition) is 1. The first-order valence-electron chi connectivity index (χ1n) is 5.16. The molecule has 0 unspecified atom stereocenters. The minimum absolute atomic E-state index is 1.01. The highest BCUT2D eigenvalue weighted by molar-refractivity contribution is 5.71. The van der Waals surface area contributed by atoms with Gasteiger partial charge in [-0.3, -0.25) is 0 Å². The molecule has 1 N–H and O–H groups in total. The summed E-state index contributed by atoms with van der Waals surface area (Å²) in [4.78, 5) is 6.64. The van der Waals surface area contributed by atoms with Crippen molar-refractivity contribution in [2.24, 2.45) is 4.99 Å². The summed E-state index contributed by atoms with van der Waals surface area (Å²) in [6.07, 6.45) is 9.25. The fourth-order valence-electron chi connectivity index (χ4n) is 1.59. The molecule has 0 aromatic heterocycles. The summed E-state index contributed by atoms with van der Waals surface area (Å²) in [5.74, 6) is 1.01. The molecule has 0 amide bonds. The van der Waals surface area contributed by atoms with Crippen LogP contribution in [0.4, 0.5) is 0 Å². The van der Waals surface area contributed by atoms with E-state index in [2.05, 4.69) is 21.8 Å². The van der Waals surface area contributed by atoms with E-state index in [-0.39, 0.29) is 0 Å². The van der Waals surface area contributed by atoms with Crippen LogP contribution in [-0.4, -0.2) is 31.3 Å². The number of allylic oxidation sites excluding steroid dienone is 1. The van der Waals surface area contributed by atoms with Crippen LogP contribution in [0, 0.1) is 0 Å². The Balaban J connectivity index is 2.60. The van der Waals surface area contributed by atoms with Gasteiger partial charge in [0.1, 0.15) is 5.82 Å². The normalized spacial score (nSPS) is 18.6. The summed E-state index contributed by atoms with van der Waals surface area (Å²) >= 11 is 0. The predicted octanol–water partition coefficient (Wildman–Crippen LogP) is 1.75. The maximum atomic E-state index is 4.34. The van der Waals surface area contributed by atoms with E-state index in [0.717, 1.165) is 18.9 Å². The van der Waals surface area contributed by atoms with E-state index in [1.807, 2.05) is 13.2 Å². The number of aliphatic imine (C=N–C) groups is 1. The molecule has 14 heavy (non-hydrogen) atoms. The average molecular weight is 193 g/mol. The molecule has 0 spiro atoms. The largest absolute Gasteiger partial charge is 0.391 e. The van der Waals surface area contributed by atoms with E-state index in [9.17, 15) is 0 Å². The van der Waals surface area contributed by atoms with Crippen molar-refractivity contribution in [2.75, 3.05) is 20.1 Å². The van der Waals surface area contributed by atoms with E-state index >= 15 is 0 Å². The molecule has 1 aliphatic rings. The summed E-state index contributed by atoms with van der Waals surface area (Å²) in [6, 6.07) is 0. The Morgan fingerprint density at radius 1 is 1.36 bits per heavy atom. The third-order valence-corrected chi connectivity index (χ3v) is 2.27. The standard InChI is InChI=1S/C11H19N3/c1-3-7-13-11(10-12-2)14-8-5-4-6-9-14/h3,7,10,12H,1,4-6,8-9H2,2H3/b11-10-,13-7-. The Bertz CT molecular complexity index is 225. The van der Waals surface area contributed by atoms with Crippen molar-refractivity contribution >= 4 is 6.21 Å². The Hall–Kier alpha value is -1.25. The van der Waals surface area contributed by atoms with Crippen LogP contribution >= 0.6 is 0 Å². The first kappa shape index (κ1) is 10.8. The van der Waals surface area contributed by atoms with Crippen LogP contribution in [0.15, 0.2) is 29.7 Å². The number of nitrogens with one attached hydrogen (secondary N) is 1. The van der Waals surface area contributed by atoms with Crippen LogP contribution in [0.1, 0.15) is 19.3 Å². The number of nitrogens with zero attached hydrogens (tertiary/aromatic N) is 2. The average Bonchev–Trinajstić information content (AvgIpc) is 2.25. The van der Waals surface area contributed by atoms with Gasteiger partial charge in [-0.2, -0.15) is 0 Å². The zero-order valence-corrected chi connectivity index (χ0v) is 8.87. The molecule has 0 atom stereocenters. The SMILES string of the molecule is C=C/C=N\C(=C\NC)N1CCCCC1. The quantitative estimate of drug-likeness (QED) is 0.689. The molecule has 0 aromatic carbocycles. The van der Waals surface area contributed by atoms with Crippen LogP contribution in [0.2, 0.25) is 0 Å². The molecule has 0 radical (unpaired) electrons. The van der Waals surface area contributed by atoms with Crippen molar-refractivity contribution < 1.29 is 0 Å². The van der Waals surface area contributed by atoms with E-state index in [4.69, 9.17) is 0 Å². The van der Waals surface area contributed by atoms with E-state index in [1.165, 1.54) is 19.3 Å². The minimum Gasteiger partial charge on any atom is -0.391 e. The number of likely N-dealkylation sites (tertiary alicyclic amines) is 1. The van der Waals surface area contributed by atoms with Crippen LogP contribution < -0.4 is 5.32 Å². The second kappa shape index (κ2) is 6.24. The Labute approximate surface area is 86.2 Å². The number of rotatable bonds is 4. The lowest BCUT2D eigenvalue weighted by atomic mass is 10.1. The lowest BCUT2D eigenvalue weighted by molar-refractivity contribution is 0.282. The van der Waals surface area contributed by atoms with E-state index in [0.29, 0.717) is 0 Å². The predicted molar refractivity (Wildman–Crippen MR) is 61.3 cm³/mol. The highest BCUT2D eigenvalue weighted by Gasteiger charge is 2.11. The highest BCUT2D eigenvalue weighted by atomic mass is 15.2. The second-order valence-corrected chi connectivity index (χ2v) is 3.35. The molecular formula is C11H19N3. The van der Waals surface area contributed by atoms with Gasteiger partial charge < -0.3 is 10.2 Å². The van der Waals surface area contributed by atoms with Gasteiger partial charge in [-0.15, -0.1) is 0 Å². The Morgan fingerprint density at radius 3 is 2.64 bits per heavy atom. The molecular weight excluding hydrogens is 174 g/mol. The minimum atomic E-state index is 1.01. The molecule has 1 saturated heterocycles. The maximum Gasteiger partial charge on any atom is 0.144 e. The van der Waals surface area contributed by atoms with Gasteiger partial charge in [0.05, 0.1) is 0 Å². The van der Waals surface area contributed by atoms with Gasteiger partial charge in [0, 0.05) is 32.6 Å². The van der Waals surface area contributed by atoms with Gasteiger partial charge in [-0.05, 0) is 19.3 Å². The molecule has 1 heterocycles. The summed E-state index contributed by atoms with van der Waals surface area (Å²) in [5.41, 5.74) is 0. The summed E-state index contributed by atoms with van der Waals surface area (Å²) in [7, 11) is 1.90. The zero-order chi connectivity index (χ0) is 10.2. The Morgan fingerprint density at radius 2 is 2.07 bits per heavy atom. The van der Waals surface area contributed by atoms with E-state index < -0.39 is 0 Å². The van der Waals surface area contributed by atoms with Crippen molar-refractivity contribution in [1.82, 2.24) is 10.2 Å². The zero-order valence-electron chi connectivity index (χ0n) is 8.87. The molecule has 0 saturated carbocycles. The molecule has 78 valence electrons. The van der Waals surface area contributed by atoms with Crippen molar-refractivity contribution in [3.63, 3.8) is 0 Å². The van der Waals surface area contributed by atoms with Crippen molar-refractivity contribution in [3.05, 3.63) is 24.7 Å². The molecule has 0 bridgehead atoms. The topological polar surface area (TPSA) is 27.6 Å². The molecule has 3 heteroatoms. The number of piperidine rings is 1. The summed E-state index contributed by atoms with van der Waals surface area (Å²) in [5, 5.41) is 3.02. The smallest absolute Gasteiger partial charge is 0.144 e. The van der Waals surface area contributed by atoms with Gasteiger partial charge in [0.2, 0.25) is 0 Å². The van der Waals surface area contributed by atoms with Crippen LogP contribution in [-0.2, 0) is 0 Å². The molecule has 0 aliphatic carbocycles. The summed E-state index contributed by atoms with van der Waals surface area (Å²) in [6.45, 7) is 5.85. The van der Waals surface area contributed by atoms with Crippen molar-refractivity contribution in [1.29, 1.82) is 0 Å². The summed E-state index contributed by atoms with van der Waals surface area (Å²) < 4.78 is 0. The van der Waals surface area contributed by atoms with E-state index in [1.54, 1.807) is 12.3 Å². The Kier molecular flexibility index (Phi) is 4.83. The van der Waals surface area contributed by atoms with Crippen molar-refractivity contribution in [2.45, 2.75) is 19.3 Å². The van der Waals surface area contributed by atoms with Crippen LogP contribution in [0.3, 0.4) is 0 Å². The first-order chi connectivity index (χ1) is 6.88. The highest BCUT2D eigenvalue weighted by Crippen LogP contribution is 2.14. The van der Waals surface area contributed by atoms with Gasteiger partial charge in [-0.1, -0.05) is 12.7 Å². The molecule has 3 nitrogen and oxygen atoms in total. The monoisotopic (exact) mass is 193 g/mol. The van der Waals surface area contributed by atoms with Gasteiger partial charge >= 0.3 is 0 Å². The third kappa shape index (κ3) is 3.24. The fraction of sp³-hybridized carbons (Fsp3) is 0.545. The number of hydrogen-bond acceptors (Lipinski definition) is 3. The third-order valence-electron chi connectivity index (χ3n) is 2.27. The molecule has 1 rings (SSSR count). The maximum absolute atomic E-state index is 4.34. The van der Waals surface area contributed by atoms with Crippen LogP contribution in [0.25, 0.3) is 0 Å². The van der Waals surface area contributed by atoms with Crippen LogP contribution in [0.5, 0.6) is 0 Å². The molecule has 0 aromatic rings. The van der Waals surface area contributed by atoms with Crippen molar-refractivity contribution in [3.8, 4) is 0 Å². The molecule has 1 aliphatic heterocycles. The lowest BCUT2D eigenvalue weighted by Crippen LogP contribution is -2.29. The second-order valence-electron chi connectivity index (χ2n) is 3.35. The fourth-order valence-corrected chi connectivity index (χ4v) is 1.59. The van der Waals surface area contributed by atoms with Gasteiger partial charge in [0.25, 0.3) is 0 Å². The first-order valence-corrected chi connectivity index (χ1v) is 5.16. The van der Waals surface area contributed by atoms with Gasteiger partial charge in [0.15, 0.2) is 0 Å².